The van der Waals surface area contributed by atoms with E-state index in [1.807, 2.05) is 0 Å². The first-order valence-corrected chi connectivity index (χ1v) is 8.29. The Kier molecular flexibility index (Phi) is 4.30. The third-order valence-electron chi connectivity index (χ3n) is 3.12. The predicted molar refractivity (Wildman–Crippen MR) is 73.0 cm³/mol. The van der Waals surface area contributed by atoms with Gasteiger partial charge >= 0.3 is 0 Å². The Bertz CT molecular complexity index is 338. The van der Waals surface area contributed by atoms with Gasteiger partial charge in [-0.05, 0) is 38.5 Å². The molecule has 102 valence electrons. The Morgan fingerprint density at radius 3 is 1.94 bits per heavy atom. The molecule has 0 atom stereocenters. The summed E-state index contributed by atoms with van der Waals surface area (Å²) in [7, 11) is -2.75. The molecule has 1 fully saturated rings. The summed E-state index contributed by atoms with van der Waals surface area (Å²) in [6.45, 7) is 11.1. The molecule has 4 heteroatoms. The Morgan fingerprint density at radius 2 is 1.53 bits per heavy atom. The van der Waals surface area contributed by atoms with Crippen molar-refractivity contribution in [1.82, 2.24) is 5.32 Å². The van der Waals surface area contributed by atoms with Crippen molar-refractivity contribution in [3.8, 4) is 0 Å². The monoisotopic (exact) mass is 261 g/mol. The van der Waals surface area contributed by atoms with Crippen molar-refractivity contribution in [2.24, 2.45) is 5.41 Å². The maximum Gasteiger partial charge on any atom is 0.150 e. The fourth-order valence-electron chi connectivity index (χ4n) is 2.96. The molecule has 3 nitrogen and oxygen atoms in total. The standard InChI is InChI=1S/C13H27NO2S/c1-12(2,3)10-13(4,5)14-11-6-8-17(15,16)9-7-11/h11,14H,6-10H2,1-5H3. The number of sulfone groups is 1. The van der Waals surface area contributed by atoms with Gasteiger partial charge in [0.05, 0.1) is 11.5 Å². The van der Waals surface area contributed by atoms with Crippen LogP contribution in [0.25, 0.3) is 0 Å². The van der Waals surface area contributed by atoms with Crippen LogP contribution < -0.4 is 5.32 Å². The van der Waals surface area contributed by atoms with Gasteiger partial charge in [0.25, 0.3) is 0 Å². The molecule has 1 saturated heterocycles. The third kappa shape index (κ3) is 5.87. The van der Waals surface area contributed by atoms with Crippen molar-refractivity contribution in [1.29, 1.82) is 0 Å². The van der Waals surface area contributed by atoms with Gasteiger partial charge in [-0.25, -0.2) is 8.42 Å². The fourth-order valence-corrected chi connectivity index (χ4v) is 4.46. The molecule has 0 unspecified atom stereocenters. The van der Waals surface area contributed by atoms with E-state index in [9.17, 15) is 8.42 Å². The minimum atomic E-state index is -2.75. The molecule has 0 bridgehead atoms. The summed E-state index contributed by atoms with van der Waals surface area (Å²) in [6, 6.07) is 0.357. The highest BCUT2D eigenvalue weighted by molar-refractivity contribution is 7.91. The van der Waals surface area contributed by atoms with Gasteiger partial charge in [-0.2, -0.15) is 0 Å². The first-order valence-electron chi connectivity index (χ1n) is 6.47. The maximum absolute atomic E-state index is 11.4. The van der Waals surface area contributed by atoms with Gasteiger partial charge < -0.3 is 5.32 Å². The van der Waals surface area contributed by atoms with Crippen molar-refractivity contribution in [3.63, 3.8) is 0 Å². The summed E-state index contributed by atoms with van der Waals surface area (Å²) in [5.41, 5.74) is 0.362. The van der Waals surface area contributed by atoms with Gasteiger partial charge in [0.2, 0.25) is 0 Å². The lowest BCUT2D eigenvalue weighted by molar-refractivity contribution is 0.217. The maximum atomic E-state index is 11.4. The van der Waals surface area contributed by atoms with Crippen LogP contribution in [0.3, 0.4) is 0 Å². The van der Waals surface area contributed by atoms with E-state index in [1.54, 1.807) is 0 Å². The highest BCUT2D eigenvalue weighted by atomic mass is 32.2. The van der Waals surface area contributed by atoms with Gasteiger partial charge in [0, 0.05) is 11.6 Å². The molecule has 0 saturated carbocycles. The molecule has 0 aromatic carbocycles. The molecule has 1 rings (SSSR count). The van der Waals surface area contributed by atoms with Crippen LogP contribution >= 0.6 is 0 Å². The van der Waals surface area contributed by atoms with E-state index in [0.29, 0.717) is 17.5 Å². The molecule has 1 aliphatic rings. The van der Waals surface area contributed by atoms with Gasteiger partial charge in [-0.15, -0.1) is 0 Å². The molecule has 0 spiro atoms. The molecular formula is C13H27NO2S. The molecule has 1 heterocycles. The Morgan fingerprint density at radius 1 is 1.06 bits per heavy atom. The largest absolute Gasteiger partial charge is 0.309 e. The second kappa shape index (κ2) is 4.88. The first kappa shape index (κ1) is 15.0. The van der Waals surface area contributed by atoms with Crippen LogP contribution in [0.1, 0.15) is 53.9 Å². The number of hydrogen-bond donors (Lipinski definition) is 1. The topological polar surface area (TPSA) is 46.2 Å². The van der Waals surface area contributed by atoms with Crippen LogP contribution in [0.4, 0.5) is 0 Å². The van der Waals surface area contributed by atoms with Crippen molar-refractivity contribution in [3.05, 3.63) is 0 Å². The molecule has 17 heavy (non-hydrogen) atoms. The van der Waals surface area contributed by atoms with Crippen LogP contribution in [-0.4, -0.2) is 31.5 Å². The van der Waals surface area contributed by atoms with Crippen LogP contribution in [0.15, 0.2) is 0 Å². The summed E-state index contributed by atoms with van der Waals surface area (Å²) in [4.78, 5) is 0. The van der Waals surface area contributed by atoms with Gasteiger partial charge in [0.1, 0.15) is 9.84 Å². The zero-order valence-electron chi connectivity index (χ0n) is 11.8. The summed E-state index contributed by atoms with van der Waals surface area (Å²) >= 11 is 0. The van der Waals surface area contributed by atoms with Crippen molar-refractivity contribution in [2.75, 3.05) is 11.5 Å². The second-order valence-electron chi connectivity index (χ2n) is 7.19. The van der Waals surface area contributed by atoms with Crippen molar-refractivity contribution < 1.29 is 8.42 Å². The zero-order valence-corrected chi connectivity index (χ0v) is 12.7. The number of hydrogen-bond acceptors (Lipinski definition) is 3. The minimum Gasteiger partial charge on any atom is -0.309 e. The molecule has 0 aliphatic carbocycles. The van der Waals surface area contributed by atoms with E-state index in [1.165, 1.54) is 0 Å². The van der Waals surface area contributed by atoms with Gasteiger partial charge in [-0.1, -0.05) is 20.8 Å². The van der Waals surface area contributed by atoms with E-state index in [2.05, 4.69) is 39.9 Å². The van der Waals surface area contributed by atoms with E-state index in [-0.39, 0.29) is 11.0 Å². The summed E-state index contributed by atoms with van der Waals surface area (Å²) in [6.07, 6.45) is 2.61. The minimum absolute atomic E-state index is 0.0734. The van der Waals surface area contributed by atoms with Crippen LogP contribution in [0, 0.1) is 5.41 Å². The van der Waals surface area contributed by atoms with E-state index in [4.69, 9.17) is 0 Å². The van der Waals surface area contributed by atoms with Crippen molar-refractivity contribution >= 4 is 9.84 Å². The molecule has 0 amide bonds. The number of rotatable bonds is 3. The SMILES string of the molecule is CC(C)(C)CC(C)(C)NC1CCS(=O)(=O)CC1. The lowest BCUT2D eigenvalue weighted by Gasteiger charge is -2.38. The molecule has 1 aliphatic heterocycles. The highest BCUT2D eigenvalue weighted by Crippen LogP contribution is 2.28. The molecule has 1 N–H and O–H groups in total. The number of nitrogens with one attached hydrogen (secondary N) is 1. The summed E-state index contributed by atoms with van der Waals surface area (Å²) < 4.78 is 22.7. The lowest BCUT2D eigenvalue weighted by Crippen LogP contribution is -2.50. The lowest BCUT2D eigenvalue weighted by atomic mass is 9.81. The van der Waals surface area contributed by atoms with Gasteiger partial charge in [0.15, 0.2) is 0 Å². The quantitative estimate of drug-likeness (QED) is 0.848. The molecule has 0 aromatic heterocycles. The fraction of sp³-hybridized carbons (Fsp3) is 1.00. The zero-order chi connectivity index (χ0) is 13.3. The Labute approximate surface area is 106 Å². The Balaban J connectivity index is 2.49. The van der Waals surface area contributed by atoms with E-state index < -0.39 is 9.84 Å². The smallest absolute Gasteiger partial charge is 0.150 e. The predicted octanol–water partition coefficient (Wildman–Crippen LogP) is 2.37. The third-order valence-corrected chi connectivity index (χ3v) is 4.84. The van der Waals surface area contributed by atoms with Crippen LogP contribution in [-0.2, 0) is 9.84 Å². The van der Waals surface area contributed by atoms with E-state index in [0.717, 1.165) is 19.3 Å². The van der Waals surface area contributed by atoms with E-state index >= 15 is 0 Å². The molecular weight excluding hydrogens is 234 g/mol. The molecule has 0 radical (unpaired) electrons. The average Bonchev–Trinajstić information content (AvgIpc) is 2.04. The van der Waals surface area contributed by atoms with Crippen LogP contribution in [0.5, 0.6) is 0 Å². The van der Waals surface area contributed by atoms with Gasteiger partial charge in [-0.3, -0.25) is 0 Å². The van der Waals surface area contributed by atoms with Crippen molar-refractivity contribution in [2.45, 2.75) is 65.5 Å². The first-order chi connectivity index (χ1) is 7.49. The van der Waals surface area contributed by atoms with Crippen LogP contribution in [0.2, 0.25) is 0 Å². The normalized spacial score (nSPS) is 22.6. The summed E-state index contributed by atoms with van der Waals surface area (Å²) in [5.74, 6) is 0.687. The Hall–Kier alpha value is -0.0900. The molecule has 0 aromatic rings. The average molecular weight is 261 g/mol. The highest BCUT2D eigenvalue weighted by Gasteiger charge is 2.30. The summed E-state index contributed by atoms with van der Waals surface area (Å²) in [5, 5.41) is 3.63. The second-order valence-corrected chi connectivity index (χ2v) is 9.50.